The number of nitrogens with zero attached hydrogens (tertiary/aromatic N) is 2. The Kier molecular flexibility index (Phi) is 4.83. The topological polar surface area (TPSA) is 53.1 Å². The van der Waals surface area contributed by atoms with E-state index in [0.717, 1.165) is 44.9 Å². The van der Waals surface area contributed by atoms with Crippen LogP contribution in [0.2, 0.25) is 5.02 Å². The molecule has 0 aliphatic rings. The average Bonchev–Trinajstić information content (AvgIpc) is 2.73. The SMILES string of the molecule is CCc1nn(C)c(CSc2cc(OC)ccc2N)c1Cl. The van der Waals surface area contributed by atoms with Gasteiger partial charge in [-0.2, -0.15) is 5.10 Å². The maximum Gasteiger partial charge on any atom is 0.120 e. The van der Waals surface area contributed by atoms with Crippen molar-refractivity contribution in [2.24, 2.45) is 7.05 Å². The van der Waals surface area contributed by atoms with Crippen molar-refractivity contribution in [1.29, 1.82) is 0 Å². The second-order valence-corrected chi connectivity index (χ2v) is 5.77. The van der Waals surface area contributed by atoms with E-state index in [1.165, 1.54) is 0 Å². The Morgan fingerprint density at radius 3 is 2.80 bits per heavy atom. The lowest BCUT2D eigenvalue weighted by Gasteiger charge is -2.08. The molecule has 4 nitrogen and oxygen atoms in total. The summed E-state index contributed by atoms with van der Waals surface area (Å²) in [4.78, 5) is 0.986. The molecular formula is C14H18ClN3OS. The molecule has 0 aliphatic carbocycles. The van der Waals surface area contributed by atoms with E-state index in [1.54, 1.807) is 18.9 Å². The minimum absolute atomic E-state index is 0.722. The molecule has 1 aromatic heterocycles. The zero-order valence-corrected chi connectivity index (χ0v) is 13.4. The van der Waals surface area contributed by atoms with E-state index in [4.69, 9.17) is 22.1 Å². The summed E-state index contributed by atoms with van der Waals surface area (Å²) in [6, 6.07) is 5.64. The maximum atomic E-state index is 6.34. The van der Waals surface area contributed by atoms with Gasteiger partial charge in [-0.05, 0) is 24.6 Å². The molecule has 0 saturated heterocycles. The average molecular weight is 312 g/mol. The molecule has 108 valence electrons. The van der Waals surface area contributed by atoms with Crippen LogP contribution in [-0.2, 0) is 19.2 Å². The van der Waals surface area contributed by atoms with Crippen LogP contribution in [0.5, 0.6) is 5.75 Å². The number of thioether (sulfide) groups is 1. The Morgan fingerprint density at radius 1 is 1.45 bits per heavy atom. The van der Waals surface area contributed by atoms with Crippen molar-refractivity contribution in [3.63, 3.8) is 0 Å². The largest absolute Gasteiger partial charge is 0.497 e. The molecule has 2 N–H and O–H groups in total. The van der Waals surface area contributed by atoms with E-state index in [1.807, 2.05) is 36.9 Å². The summed E-state index contributed by atoms with van der Waals surface area (Å²) in [7, 11) is 3.56. The van der Waals surface area contributed by atoms with Gasteiger partial charge in [0.1, 0.15) is 5.75 Å². The molecule has 0 bridgehead atoms. The van der Waals surface area contributed by atoms with Crippen molar-refractivity contribution < 1.29 is 4.74 Å². The summed E-state index contributed by atoms with van der Waals surface area (Å²) in [6.45, 7) is 2.05. The minimum atomic E-state index is 0.722. The van der Waals surface area contributed by atoms with E-state index in [9.17, 15) is 0 Å². The Bertz CT molecular complexity index is 613. The van der Waals surface area contributed by atoms with Crippen molar-refractivity contribution in [2.45, 2.75) is 24.0 Å². The van der Waals surface area contributed by atoms with Gasteiger partial charge in [0.05, 0.1) is 23.5 Å². The fourth-order valence-corrected chi connectivity index (χ4v) is 3.39. The maximum absolute atomic E-state index is 6.34. The molecule has 2 rings (SSSR count). The second-order valence-electron chi connectivity index (χ2n) is 4.38. The first-order valence-electron chi connectivity index (χ1n) is 6.33. The third kappa shape index (κ3) is 3.04. The summed E-state index contributed by atoms with van der Waals surface area (Å²) in [5, 5.41) is 5.17. The van der Waals surface area contributed by atoms with Crippen LogP contribution in [0.3, 0.4) is 0 Å². The molecule has 1 aromatic carbocycles. The highest BCUT2D eigenvalue weighted by atomic mass is 35.5. The number of aromatic nitrogens is 2. The predicted octanol–water partition coefficient (Wildman–Crippen LogP) is 3.52. The lowest BCUT2D eigenvalue weighted by Crippen LogP contribution is -1.97. The molecule has 20 heavy (non-hydrogen) atoms. The quantitative estimate of drug-likeness (QED) is 0.678. The molecule has 0 spiro atoms. The van der Waals surface area contributed by atoms with Gasteiger partial charge in [-0.1, -0.05) is 18.5 Å². The van der Waals surface area contributed by atoms with Crippen LogP contribution in [0.1, 0.15) is 18.3 Å². The number of methoxy groups -OCH3 is 1. The molecular weight excluding hydrogens is 294 g/mol. The van der Waals surface area contributed by atoms with Crippen molar-refractivity contribution in [3.05, 3.63) is 34.6 Å². The number of benzene rings is 1. The van der Waals surface area contributed by atoms with Crippen LogP contribution in [0.15, 0.2) is 23.1 Å². The second kappa shape index (κ2) is 6.41. The standard InChI is InChI=1S/C14H18ClN3OS/c1-4-11-14(15)12(18(2)17-11)8-20-13-7-9(19-3)5-6-10(13)16/h5-7H,4,8,16H2,1-3H3. The summed E-state index contributed by atoms with van der Waals surface area (Å²) in [5.74, 6) is 1.52. The number of hydrogen-bond acceptors (Lipinski definition) is 4. The highest BCUT2D eigenvalue weighted by Gasteiger charge is 2.13. The van der Waals surface area contributed by atoms with Crippen molar-refractivity contribution in [1.82, 2.24) is 9.78 Å². The number of ether oxygens (including phenoxy) is 1. The number of hydrogen-bond donors (Lipinski definition) is 1. The Morgan fingerprint density at radius 2 is 2.20 bits per heavy atom. The zero-order valence-electron chi connectivity index (χ0n) is 11.8. The van der Waals surface area contributed by atoms with Crippen molar-refractivity contribution in [3.8, 4) is 5.75 Å². The third-order valence-electron chi connectivity index (χ3n) is 3.09. The monoisotopic (exact) mass is 311 g/mol. The molecule has 0 saturated carbocycles. The molecule has 0 amide bonds. The molecule has 0 aliphatic heterocycles. The fourth-order valence-electron chi connectivity index (χ4n) is 1.89. The van der Waals surface area contributed by atoms with Crippen molar-refractivity contribution >= 4 is 29.1 Å². The van der Waals surface area contributed by atoms with E-state index in [0.29, 0.717) is 0 Å². The van der Waals surface area contributed by atoms with Crippen LogP contribution in [-0.4, -0.2) is 16.9 Å². The van der Waals surface area contributed by atoms with Crippen LogP contribution in [0.25, 0.3) is 0 Å². The van der Waals surface area contributed by atoms with Crippen molar-refractivity contribution in [2.75, 3.05) is 12.8 Å². The fraction of sp³-hybridized carbons (Fsp3) is 0.357. The number of anilines is 1. The van der Waals surface area contributed by atoms with Gasteiger partial charge in [0.25, 0.3) is 0 Å². The van der Waals surface area contributed by atoms with Crippen LogP contribution >= 0.6 is 23.4 Å². The minimum Gasteiger partial charge on any atom is -0.497 e. The lowest BCUT2D eigenvalue weighted by molar-refractivity contribution is 0.414. The first-order valence-corrected chi connectivity index (χ1v) is 7.69. The number of nitrogen functional groups attached to an aromatic ring is 1. The smallest absolute Gasteiger partial charge is 0.120 e. The van der Waals surface area contributed by atoms with E-state index in [-0.39, 0.29) is 0 Å². The normalized spacial score (nSPS) is 10.8. The Balaban J connectivity index is 2.18. The molecule has 2 aromatic rings. The Labute approximate surface area is 128 Å². The van der Waals surface area contributed by atoms with Gasteiger partial charge < -0.3 is 10.5 Å². The van der Waals surface area contributed by atoms with Gasteiger partial charge in [0.15, 0.2) is 0 Å². The number of aryl methyl sites for hydroxylation is 2. The molecule has 0 unspecified atom stereocenters. The number of rotatable bonds is 5. The predicted molar refractivity (Wildman–Crippen MR) is 84.6 cm³/mol. The van der Waals surface area contributed by atoms with Gasteiger partial charge in [-0.3, -0.25) is 4.68 Å². The molecule has 6 heteroatoms. The van der Waals surface area contributed by atoms with Gasteiger partial charge in [0, 0.05) is 23.4 Å². The van der Waals surface area contributed by atoms with E-state index < -0.39 is 0 Å². The van der Waals surface area contributed by atoms with Gasteiger partial charge in [0.2, 0.25) is 0 Å². The number of halogens is 1. The highest BCUT2D eigenvalue weighted by molar-refractivity contribution is 7.98. The van der Waals surface area contributed by atoms with Crippen LogP contribution < -0.4 is 10.5 Å². The van der Waals surface area contributed by atoms with Crippen LogP contribution in [0.4, 0.5) is 5.69 Å². The number of nitrogens with two attached hydrogens (primary N) is 1. The van der Waals surface area contributed by atoms with Gasteiger partial charge in [-0.25, -0.2) is 0 Å². The molecule has 1 heterocycles. The zero-order chi connectivity index (χ0) is 14.7. The summed E-state index contributed by atoms with van der Waals surface area (Å²) in [5.41, 5.74) is 8.67. The van der Waals surface area contributed by atoms with E-state index >= 15 is 0 Å². The Hall–Kier alpha value is -1.33. The van der Waals surface area contributed by atoms with Gasteiger partial charge >= 0.3 is 0 Å². The molecule has 0 radical (unpaired) electrons. The van der Waals surface area contributed by atoms with E-state index in [2.05, 4.69) is 5.10 Å². The summed E-state index contributed by atoms with van der Waals surface area (Å²) < 4.78 is 7.06. The van der Waals surface area contributed by atoms with Crippen LogP contribution in [0, 0.1) is 0 Å². The highest BCUT2D eigenvalue weighted by Crippen LogP contribution is 2.33. The summed E-state index contributed by atoms with van der Waals surface area (Å²) in [6.07, 6.45) is 0.832. The summed E-state index contributed by atoms with van der Waals surface area (Å²) >= 11 is 7.97. The first-order chi connectivity index (χ1) is 9.56. The molecule has 0 fully saturated rings. The molecule has 0 atom stereocenters. The third-order valence-corrected chi connectivity index (χ3v) is 4.61. The first kappa shape index (κ1) is 15.1. The lowest BCUT2D eigenvalue weighted by atomic mass is 10.3. The van der Waals surface area contributed by atoms with Gasteiger partial charge in [-0.15, -0.1) is 11.8 Å².